The van der Waals surface area contributed by atoms with Crippen LogP contribution in [0, 0.1) is 5.92 Å². The average Bonchev–Trinajstić information content (AvgIpc) is 2.61. The first-order valence-electron chi connectivity index (χ1n) is 8.25. The average molecular weight is 333 g/mol. The van der Waals surface area contributed by atoms with E-state index < -0.39 is 12.0 Å². The number of hydrogen-bond donors (Lipinski definition) is 2. The highest BCUT2D eigenvalue weighted by Gasteiger charge is 2.31. The second kappa shape index (κ2) is 8.42. The summed E-state index contributed by atoms with van der Waals surface area (Å²) < 4.78 is 0. The van der Waals surface area contributed by atoms with E-state index >= 15 is 0 Å². The Bertz CT molecular complexity index is 591. The highest BCUT2D eigenvalue weighted by atomic mass is 16.4. The molecule has 0 bridgehead atoms. The number of carbonyl (C=O) groups excluding carboxylic acids is 2. The molecule has 0 spiro atoms. The van der Waals surface area contributed by atoms with Crippen molar-refractivity contribution >= 4 is 17.8 Å². The molecule has 7 heteroatoms. The molecule has 1 aromatic heterocycles. The standard InChI is InChI=1S/C17H23N3O4/c1-2-4-14(17(23)24)19-15(21)13-5-3-10-20(11-13)16(22)12-6-8-18-9-7-12/h6-9,13-14H,2-5,10-11H2,1H3,(H,19,21)(H,23,24). The molecule has 0 aromatic carbocycles. The molecule has 0 saturated carbocycles. The number of aromatic nitrogens is 1. The molecular weight excluding hydrogens is 310 g/mol. The summed E-state index contributed by atoms with van der Waals surface area (Å²) in [7, 11) is 0. The second-order valence-electron chi connectivity index (χ2n) is 6.01. The summed E-state index contributed by atoms with van der Waals surface area (Å²) >= 11 is 0. The fourth-order valence-electron chi connectivity index (χ4n) is 2.89. The van der Waals surface area contributed by atoms with Gasteiger partial charge in [-0.15, -0.1) is 0 Å². The molecule has 1 fully saturated rings. The lowest BCUT2D eigenvalue weighted by molar-refractivity contribution is -0.143. The van der Waals surface area contributed by atoms with Crippen LogP contribution in [-0.4, -0.2) is 51.9 Å². The summed E-state index contributed by atoms with van der Waals surface area (Å²) in [6, 6.07) is 2.43. The first-order chi connectivity index (χ1) is 11.5. The Kier molecular flexibility index (Phi) is 6.28. The van der Waals surface area contributed by atoms with Crippen LogP contribution in [0.15, 0.2) is 24.5 Å². The van der Waals surface area contributed by atoms with Crippen LogP contribution >= 0.6 is 0 Å². The molecular formula is C17H23N3O4. The van der Waals surface area contributed by atoms with Crippen molar-refractivity contribution in [3.63, 3.8) is 0 Å². The molecule has 2 rings (SSSR count). The summed E-state index contributed by atoms with van der Waals surface area (Å²) in [5, 5.41) is 11.8. The van der Waals surface area contributed by atoms with Crippen LogP contribution in [0.3, 0.4) is 0 Å². The summed E-state index contributed by atoms with van der Waals surface area (Å²) in [5.41, 5.74) is 0.542. The first kappa shape index (κ1) is 17.9. The number of carboxylic acids is 1. The quantitative estimate of drug-likeness (QED) is 0.817. The van der Waals surface area contributed by atoms with E-state index in [9.17, 15) is 14.4 Å². The van der Waals surface area contributed by atoms with Gasteiger partial charge in [0.05, 0.1) is 5.92 Å². The highest BCUT2D eigenvalue weighted by molar-refractivity contribution is 5.94. The van der Waals surface area contributed by atoms with Crippen LogP contribution in [0.2, 0.25) is 0 Å². The zero-order valence-corrected chi connectivity index (χ0v) is 13.8. The molecule has 1 aliphatic heterocycles. The van der Waals surface area contributed by atoms with Gasteiger partial charge in [0.1, 0.15) is 6.04 Å². The number of hydrogen-bond acceptors (Lipinski definition) is 4. The van der Waals surface area contributed by atoms with Gasteiger partial charge in [-0.05, 0) is 31.4 Å². The molecule has 2 atom stereocenters. The van der Waals surface area contributed by atoms with E-state index in [4.69, 9.17) is 5.11 Å². The number of piperidine rings is 1. The van der Waals surface area contributed by atoms with Crippen molar-refractivity contribution in [1.82, 2.24) is 15.2 Å². The van der Waals surface area contributed by atoms with Crippen LogP contribution in [0.5, 0.6) is 0 Å². The largest absolute Gasteiger partial charge is 0.480 e. The van der Waals surface area contributed by atoms with Crippen LogP contribution < -0.4 is 5.32 Å². The zero-order chi connectivity index (χ0) is 17.5. The van der Waals surface area contributed by atoms with Gasteiger partial charge in [0.25, 0.3) is 5.91 Å². The maximum atomic E-state index is 12.5. The lowest BCUT2D eigenvalue weighted by atomic mass is 9.96. The van der Waals surface area contributed by atoms with Gasteiger partial charge in [-0.1, -0.05) is 13.3 Å². The van der Waals surface area contributed by atoms with Crippen molar-refractivity contribution in [2.75, 3.05) is 13.1 Å². The van der Waals surface area contributed by atoms with Gasteiger partial charge in [-0.3, -0.25) is 14.6 Å². The van der Waals surface area contributed by atoms with Gasteiger partial charge in [0.15, 0.2) is 0 Å². The van der Waals surface area contributed by atoms with Gasteiger partial charge >= 0.3 is 5.97 Å². The van der Waals surface area contributed by atoms with E-state index in [1.54, 1.807) is 29.4 Å². The topological polar surface area (TPSA) is 99.6 Å². The third-order valence-corrected chi connectivity index (χ3v) is 4.20. The van der Waals surface area contributed by atoms with E-state index in [2.05, 4.69) is 10.3 Å². The normalized spacial score (nSPS) is 18.7. The summed E-state index contributed by atoms with van der Waals surface area (Å²) in [4.78, 5) is 41.6. The number of rotatable bonds is 6. The Labute approximate surface area is 141 Å². The number of pyridine rings is 1. The van der Waals surface area contributed by atoms with Crippen LogP contribution in [0.1, 0.15) is 43.0 Å². The van der Waals surface area contributed by atoms with Crippen molar-refractivity contribution < 1.29 is 19.5 Å². The molecule has 0 aliphatic carbocycles. The van der Waals surface area contributed by atoms with Gasteiger partial charge in [0, 0.05) is 31.0 Å². The second-order valence-corrected chi connectivity index (χ2v) is 6.01. The van der Waals surface area contributed by atoms with E-state index in [-0.39, 0.29) is 17.7 Å². The van der Waals surface area contributed by atoms with Crippen LogP contribution in [0.4, 0.5) is 0 Å². The summed E-state index contributed by atoms with van der Waals surface area (Å²) in [6.07, 6.45) is 5.57. The third-order valence-electron chi connectivity index (χ3n) is 4.20. The fourth-order valence-corrected chi connectivity index (χ4v) is 2.89. The highest BCUT2D eigenvalue weighted by Crippen LogP contribution is 2.19. The number of carbonyl (C=O) groups is 3. The Morgan fingerprint density at radius 3 is 2.71 bits per heavy atom. The number of likely N-dealkylation sites (tertiary alicyclic amines) is 1. The molecule has 2 heterocycles. The predicted molar refractivity (Wildman–Crippen MR) is 87.3 cm³/mol. The minimum Gasteiger partial charge on any atom is -0.480 e. The van der Waals surface area contributed by atoms with Crippen LogP contribution in [-0.2, 0) is 9.59 Å². The fraction of sp³-hybridized carbons (Fsp3) is 0.529. The molecule has 130 valence electrons. The van der Waals surface area contributed by atoms with Gasteiger partial charge in [-0.2, -0.15) is 0 Å². The number of carboxylic acid groups (broad SMARTS) is 1. The summed E-state index contributed by atoms with van der Waals surface area (Å²) in [6.45, 7) is 2.78. The number of nitrogens with one attached hydrogen (secondary N) is 1. The predicted octanol–water partition coefficient (Wildman–Crippen LogP) is 1.30. The van der Waals surface area contributed by atoms with Crippen molar-refractivity contribution in [3.05, 3.63) is 30.1 Å². The Balaban J connectivity index is 1.98. The number of amides is 2. The monoisotopic (exact) mass is 333 g/mol. The third kappa shape index (κ3) is 4.53. The SMILES string of the molecule is CCCC(NC(=O)C1CCCN(C(=O)c2ccncc2)C1)C(=O)O. The van der Waals surface area contributed by atoms with Crippen LogP contribution in [0.25, 0.3) is 0 Å². The first-order valence-corrected chi connectivity index (χ1v) is 8.25. The Hall–Kier alpha value is -2.44. The van der Waals surface area contributed by atoms with Crippen molar-refractivity contribution in [1.29, 1.82) is 0 Å². The van der Waals surface area contributed by atoms with E-state index in [0.29, 0.717) is 37.9 Å². The molecule has 1 aromatic rings. The molecule has 2 unspecified atom stereocenters. The Morgan fingerprint density at radius 2 is 2.08 bits per heavy atom. The van der Waals surface area contributed by atoms with Gasteiger partial charge in [0.2, 0.25) is 5.91 Å². The van der Waals surface area contributed by atoms with E-state index in [1.165, 1.54) is 0 Å². The molecule has 1 saturated heterocycles. The summed E-state index contributed by atoms with van der Waals surface area (Å²) in [5.74, 6) is -1.81. The maximum absolute atomic E-state index is 12.5. The minimum atomic E-state index is -1.02. The lowest BCUT2D eigenvalue weighted by Gasteiger charge is -2.32. The molecule has 2 amide bonds. The Morgan fingerprint density at radius 1 is 1.38 bits per heavy atom. The minimum absolute atomic E-state index is 0.127. The number of nitrogens with zero attached hydrogens (tertiary/aromatic N) is 2. The molecule has 0 radical (unpaired) electrons. The molecule has 2 N–H and O–H groups in total. The van der Waals surface area contributed by atoms with Crippen molar-refractivity contribution in [2.24, 2.45) is 5.92 Å². The zero-order valence-electron chi connectivity index (χ0n) is 13.8. The van der Waals surface area contributed by atoms with Gasteiger partial charge in [-0.25, -0.2) is 4.79 Å². The lowest BCUT2D eigenvalue weighted by Crippen LogP contribution is -2.49. The van der Waals surface area contributed by atoms with Crippen molar-refractivity contribution in [3.8, 4) is 0 Å². The smallest absolute Gasteiger partial charge is 0.326 e. The molecule has 7 nitrogen and oxygen atoms in total. The molecule has 24 heavy (non-hydrogen) atoms. The van der Waals surface area contributed by atoms with Gasteiger partial charge < -0.3 is 15.3 Å². The van der Waals surface area contributed by atoms with Crippen molar-refractivity contribution in [2.45, 2.75) is 38.6 Å². The maximum Gasteiger partial charge on any atom is 0.326 e. The van der Waals surface area contributed by atoms with E-state index in [1.807, 2.05) is 6.92 Å². The number of aliphatic carboxylic acids is 1. The molecule has 1 aliphatic rings. The van der Waals surface area contributed by atoms with E-state index in [0.717, 1.165) is 6.42 Å².